The molecule has 0 aromatic heterocycles. The number of hydrogen-bond acceptors (Lipinski definition) is 6. The summed E-state index contributed by atoms with van der Waals surface area (Å²) in [5.74, 6) is -0.704. The van der Waals surface area contributed by atoms with E-state index >= 15 is 0 Å². The van der Waals surface area contributed by atoms with Crippen LogP contribution in [0, 0.1) is 5.92 Å². The number of hydrogen-bond donors (Lipinski definition) is 0. The van der Waals surface area contributed by atoms with Gasteiger partial charge in [0.1, 0.15) is 0 Å². The van der Waals surface area contributed by atoms with Crippen LogP contribution >= 0.6 is 0 Å². The van der Waals surface area contributed by atoms with Gasteiger partial charge in [0, 0.05) is 45.2 Å². The van der Waals surface area contributed by atoms with Gasteiger partial charge in [-0.2, -0.15) is 4.31 Å². The first-order chi connectivity index (χ1) is 13.3. The van der Waals surface area contributed by atoms with Crippen LogP contribution in [0.15, 0.2) is 29.2 Å². The average Bonchev–Trinajstić information content (AvgIpc) is 2.73. The third-order valence-corrected chi connectivity index (χ3v) is 7.49. The lowest BCUT2D eigenvalue weighted by Gasteiger charge is -2.37. The normalized spacial score (nSPS) is 20.1. The number of piperidine rings is 1. The number of ether oxygens (including phenoxy) is 1. The SMILES string of the molecule is COC(=O)c1ccccc1S(=O)(=O)N1CCC(C(=O)N2CCN(C)CC2)CC1. The van der Waals surface area contributed by atoms with Gasteiger partial charge >= 0.3 is 5.97 Å². The highest BCUT2D eigenvalue weighted by Crippen LogP contribution is 2.27. The average molecular weight is 410 g/mol. The molecule has 2 aliphatic rings. The van der Waals surface area contributed by atoms with Gasteiger partial charge in [0.2, 0.25) is 15.9 Å². The Bertz CT molecular complexity index is 826. The fraction of sp³-hybridized carbons (Fsp3) is 0.579. The van der Waals surface area contributed by atoms with E-state index in [1.807, 2.05) is 11.9 Å². The molecule has 1 aromatic rings. The molecule has 8 nitrogen and oxygen atoms in total. The first kappa shape index (κ1) is 20.8. The van der Waals surface area contributed by atoms with E-state index in [1.165, 1.54) is 23.5 Å². The monoisotopic (exact) mass is 409 g/mol. The summed E-state index contributed by atoms with van der Waals surface area (Å²) in [7, 11) is -0.566. The Morgan fingerprint density at radius 1 is 1.00 bits per heavy atom. The van der Waals surface area contributed by atoms with Gasteiger partial charge in [0.05, 0.1) is 17.6 Å². The Morgan fingerprint density at radius 2 is 1.61 bits per heavy atom. The maximum absolute atomic E-state index is 13.1. The Kier molecular flexibility index (Phi) is 6.36. The van der Waals surface area contributed by atoms with Crippen molar-refractivity contribution in [2.24, 2.45) is 5.92 Å². The van der Waals surface area contributed by atoms with Crippen molar-refractivity contribution in [3.8, 4) is 0 Å². The summed E-state index contributed by atoms with van der Waals surface area (Å²) in [5.41, 5.74) is 0.0284. The highest BCUT2D eigenvalue weighted by Gasteiger charge is 2.35. The second-order valence-corrected chi connectivity index (χ2v) is 9.20. The van der Waals surface area contributed by atoms with Gasteiger partial charge < -0.3 is 14.5 Å². The first-order valence-corrected chi connectivity index (χ1v) is 10.9. The van der Waals surface area contributed by atoms with Crippen molar-refractivity contribution in [1.82, 2.24) is 14.1 Å². The zero-order chi connectivity index (χ0) is 20.3. The molecular formula is C19H27N3O5S. The molecule has 0 bridgehead atoms. The maximum atomic E-state index is 13.1. The molecule has 9 heteroatoms. The van der Waals surface area contributed by atoms with Crippen LogP contribution in [0.4, 0.5) is 0 Å². The lowest BCUT2D eigenvalue weighted by molar-refractivity contribution is -0.138. The standard InChI is InChI=1S/C19H27N3O5S/c1-20-11-13-21(14-12-20)18(23)15-7-9-22(10-8-15)28(25,26)17-6-4-3-5-16(17)19(24)27-2/h3-6,15H,7-14H2,1-2H3. The van der Waals surface area contributed by atoms with Gasteiger partial charge in [0.15, 0.2) is 0 Å². The highest BCUT2D eigenvalue weighted by atomic mass is 32.2. The minimum absolute atomic E-state index is 0.0284. The largest absolute Gasteiger partial charge is 0.465 e. The molecule has 2 saturated heterocycles. The molecule has 0 unspecified atom stereocenters. The summed E-state index contributed by atoms with van der Waals surface area (Å²) < 4.78 is 32.2. The van der Waals surface area contributed by atoms with Gasteiger partial charge in [-0.25, -0.2) is 13.2 Å². The Labute approximate surface area is 166 Å². The maximum Gasteiger partial charge on any atom is 0.339 e. The lowest BCUT2D eigenvalue weighted by Crippen LogP contribution is -2.51. The van der Waals surface area contributed by atoms with Crippen molar-refractivity contribution in [2.45, 2.75) is 17.7 Å². The van der Waals surface area contributed by atoms with Crippen molar-refractivity contribution in [2.75, 3.05) is 53.4 Å². The highest BCUT2D eigenvalue weighted by molar-refractivity contribution is 7.89. The van der Waals surface area contributed by atoms with E-state index in [1.54, 1.807) is 12.1 Å². The van der Waals surface area contributed by atoms with Crippen molar-refractivity contribution in [3.63, 3.8) is 0 Å². The number of benzene rings is 1. The molecule has 0 saturated carbocycles. The van der Waals surface area contributed by atoms with E-state index in [4.69, 9.17) is 4.74 Å². The van der Waals surface area contributed by atoms with Crippen LogP contribution in [0.25, 0.3) is 0 Å². The third-order valence-electron chi connectivity index (χ3n) is 5.53. The molecule has 0 spiro atoms. The zero-order valence-corrected chi connectivity index (χ0v) is 17.2. The smallest absolute Gasteiger partial charge is 0.339 e. The van der Waals surface area contributed by atoms with Crippen molar-refractivity contribution >= 4 is 21.9 Å². The first-order valence-electron chi connectivity index (χ1n) is 9.49. The van der Waals surface area contributed by atoms with Crippen LogP contribution in [0.1, 0.15) is 23.2 Å². The van der Waals surface area contributed by atoms with E-state index in [9.17, 15) is 18.0 Å². The number of methoxy groups -OCH3 is 1. The van der Waals surface area contributed by atoms with E-state index in [-0.39, 0.29) is 35.4 Å². The third kappa shape index (κ3) is 4.21. The van der Waals surface area contributed by atoms with Crippen LogP contribution in [0.5, 0.6) is 0 Å². The molecule has 28 heavy (non-hydrogen) atoms. The molecule has 0 atom stereocenters. The minimum atomic E-state index is -3.83. The summed E-state index contributed by atoms with van der Waals surface area (Å²) in [6.45, 7) is 3.71. The summed E-state index contributed by atoms with van der Waals surface area (Å²) in [4.78, 5) is 28.7. The second kappa shape index (κ2) is 8.59. The van der Waals surface area contributed by atoms with Crippen molar-refractivity contribution < 1.29 is 22.7 Å². The zero-order valence-electron chi connectivity index (χ0n) is 16.3. The Hall–Kier alpha value is -1.97. The van der Waals surface area contributed by atoms with Gasteiger partial charge in [0.25, 0.3) is 0 Å². The van der Waals surface area contributed by atoms with Crippen LogP contribution in [0.2, 0.25) is 0 Å². The van der Waals surface area contributed by atoms with E-state index in [0.29, 0.717) is 12.8 Å². The van der Waals surface area contributed by atoms with Crippen LogP contribution in [0.3, 0.4) is 0 Å². The van der Waals surface area contributed by atoms with Gasteiger partial charge in [-0.3, -0.25) is 4.79 Å². The topological polar surface area (TPSA) is 87.2 Å². The second-order valence-electron chi connectivity index (χ2n) is 7.29. The molecular weight excluding hydrogens is 382 g/mol. The molecule has 2 fully saturated rings. The van der Waals surface area contributed by atoms with E-state index in [0.717, 1.165) is 26.2 Å². The number of amides is 1. The minimum Gasteiger partial charge on any atom is -0.465 e. The quantitative estimate of drug-likeness (QED) is 0.679. The summed E-state index contributed by atoms with van der Waals surface area (Å²) in [6.07, 6.45) is 0.982. The fourth-order valence-electron chi connectivity index (χ4n) is 3.74. The number of sulfonamides is 1. The predicted octanol–water partition coefficient (Wildman–Crippen LogP) is 0.648. The van der Waals surface area contributed by atoms with Crippen molar-refractivity contribution in [3.05, 3.63) is 29.8 Å². The molecule has 2 aliphatic heterocycles. The van der Waals surface area contributed by atoms with E-state index < -0.39 is 16.0 Å². The van der Waals surface area contributed by atoms with Gasteiger partial charge in [-0.15, -0.1) is 0 Å². The molecule has 2 heterocycles. The molecule has 0 N–H and O–H groups in total. The summed E-state index contributed by atoms with van der Waals surface area (Å²) >= 11 is 0. The summed E-state index contributed by atoms with van der Waals surface area (Å²) in [5, 5.41) is 0. The van der Waals surface area contributed by atoms with Gasteiger partial charge in [-0.1, -0.05) is 12.1 Å². The van der Waals surface area contributed by atoms with Crippen LogP contribution in [-0.4, -0.2) is 87.8 Å². The number of esters is 1. The van der Waals surface area contributed by atoms with Crippen LogP contribution < -0.4 is 0 Å². The Morgan fingerprint density at radius 3 is 2.21 bits per heavy atom. The molecule has 154 valence electrons. The number of rotatable bonds is 4. The molecule has 1 amide bonds. The molecule has 1 aromatic carbocycles. The predicted molar refractivity (Wildman–Crippen MR) is 103 cm³/mol. The Balaban J connectivity index is 1.68. The fourth-order valence-corrected chi connectivity index (χ4v) is 5.39. The lowest BCUT2D eigenvalue weighted by atomic mass is 9.96. The van der Waals surface area contributed by atoms with Crippen molar-refractivity contribution in [1.29, 1.82) is 0 Å². The van der Waals surface area contributed by atoms with E-state index in [2.05, 4.69) is 4.90 Å². The number of likely N-dealkylation sites (N-methyl/N-ethyl adjacent to an activating group) is 1. The number of piperazine rings is 1. The number of nitrogens with zero attached hydrogens (tertiary/aromatic N) is 3. The van der Waals surface area contributed by atoms with Crippen LogP contribution in [-0.2, 0) is 19.6 Å². The molecule has 3 rings (SSSR count). The number of carbonyl (C=O) groups is 2. The number of carbonyl (C=O) groups excluding carboxylic acids is 2. The molecule has 0 radical (unpaired) electrons. The molecule has 0 aliphatic carbocycles. The summed E-state index contributed by atoms with van der Waals surface area (Å²) in [6, 6.07) is 6.06. The van der Waals surface area contributed by atoms with Gasteiger partial charge in [-0.05, 0) is 32.0 Å².